The van der Waals surface area contributed by atoms with Gasteiger partial charge in [-0.3, -0.25) is 9.59 Å². The Labute approximate surface area is 259 Å². The lowest BCUT2D eigenvalue weighted by atomic mass is 9.33. The van der Waals surface area contributed by atoms with Crippen LogP contribution >= 0.6 is 0 Å². The highest BCUT2D eigenvalue weighted by molar-refractivity contribution is 5.86. The van der Waals surface area contributed by atoms with Crippen LogP contribution in [-0.2, 0) is 19.1 Å². The maximum atomic E-state index is 14.3. The molecule has 4 saturated carbocycles. The van der Waals surface area contributed by atoms with Crippen LogP contribution < -0.4 is 0 Å². The fourth-order valence-electron chi connectivity index (χ4n) is 12.0. The van der Waals surface area contributed by atoms with E-state index in [2.05, 4.69) is 59.6 Å². The van der Waals surface area contributed by atoms with Crippen molar-refractivity contribution in [1.82, 2.24) is 5.01 Å². The van der Waals surface area contributed by atoms with E-state index in [9.17, 15) is 14.7 Å². The van der Waals surface area contributed by atoms with E-state index in [1.165, 1.54) is 23.9 Å². The molecule has 1 heterocycles. The quantitative estimate of drug-likeness (QED) is 0.278. The Kier molecular flexibility index (Phi) is 7.27. The van der Waals surface area contributed by atoms with E-state index in [0.29, 0.717) is 29.6 Å². The molecule has 0 bridgehead atoms. The molecule has 4 fully saturated rings. The number of aliphatic hydroxyl groups excluding tert-OH is 1. The van der Waals surface area contributed by atoms with Crippen molar-refractivity contribution < 1.29 is 24.2 Å². The topological polar surface area (TPSA) is 88.4 Å². The Morgan fingerprint density at radius 1 is 1.00 bits per heavy atom. The molecule has 43 heavy (non-hydrogen) atoms. The van der Waals surface area contributed by atoms with Crippen LogP contribution in [0, 0.1) is 56.7 Å². The third kappa shape index (κ3) is 4.18. The van der Waals surface area contributed by atoms with Crippen LogP contribution in [0.4, 0.5) is 0 Å². The Morgan fingerprint density at radius 2 is 1.72 bits per heavy atom. The fourth-order valence-corrected chi connectivity index (χ4v) is 12.0. The third-order valence-corrected chi connectivity index (χ3v) is 14.9. The zero-order valence-electron chi connectivity index (χ0n) is 28.2. The van der Waals surface area contributed by atoms with Gasteiger partial charge in [0.15, 0.2) is 12.8 Å². The van der Waals surface area contributed by atoms with Gasteiger partial charge < -0.3 is 14.6 Å². The highest BCUT2D eigenvalue weighted by Crippen LogP contribution is 2.75. The van der Waals surface area contributed by atoms with Gasteiger partial charge in [-0.25, -0.2) is 0 Å². The molecule has 5 aliphatic carbocycles. The maximum absolute atomic E-state index is 14.3. The molecule has 0 aromatic rings. The van der Waals surface area contributed by atoms with Gasteiger partial charge in [0.2, 0.25) is 11.8 Å². The van der Waals surface area contributed by atoms with Crippen molar-refractivity contribution in [3.8, 4) is 0 Å². The first-order chi connectivity index (χ1) is 20.0. The summed E-state index contributed by atoms with van der Waals surface area (Å²) in [7, 11) is 0. The second kappa shape index (κ2) is 10.1. The van der Waals surface area contributed by atoms with Gasteiger partial charge in [0.05, 0.1) is 11.5 Å². The van der Waals surface area contributed by atoms with Crippen LogP contribution in [0.25, 0.3) is 0 Å². The van der Waals surface area contributed by atoms with Gasteiger partial charge in [0.1, 0.15) is 0 Å². The average molecular weight is 597 g/mol. The zero-order chi connectivity index (χ0) is 31.3. The number of esters is 1. The van der Waals surface area contributed by atoms with E-state index in [-0.39, 0.29) is 52.2 Å². The van der Waals surface area contributed by atoms with Crippen molar-refractivity contribution in [1.29, 1.82) is 0 Å². The van der Waals surface area contributed by atoms with E-state index < -0.39 is 11.6 Å². The number of ether oxygens (including phenoxy) is 2. The largest absolute Gasteiger partial charge is 0.455 e. The molecule has 7 nitrogen and oxygen atoms in total. The van der Waals surface area contributed by atoms with E-state index in [4.69, 9.17) is 9.47 Å². The molecule has 7 heteroatoms. The number of rotatable bonds is 3. The first kappa shape index (κ1) is 31.1. The number of hydrogen-bond donors (Lipinski definition) is 1. The molecule has 6 aliphatic rings. The van der Waals surface area contributed by atoms with Crippen LogP contribution in [0.2, 0.25) is 0 Å². The standard InChI is InChI=1S/C36H56N2O5/c1-21-12-17-36(31(41)42-20-29-37-38(23(3)39)24(4)43-29)19-18-34(8)25(30(36)22(21)2)10-11-27-33(7)15-14-28(40)32(5,6)26(33)13-16-35(27,34)9/h10,21-22,24,26-28,30,40H,11-20H2,1-9H3/t21-,22+,24?,26+,27-,28?,30+,33+,34-,35-,36+/m1/s1. The summed E-state index contributed by atoms with van der Waals surface area (Å²) < 4.78 is 11.8. The minimum absolute atomic E-state index is 0.0277. The van der Waals surface area contributed by atoms with E-state index >= 15 is 0 Å². The van der Waals surface area contributed by atoms with Crippen molar-refractivity contribution in [2.75, 3.05) is 6.61 Å². The first-order valence-electron chi connectivity index (χ1n) is 17.1. The predicted molar refractivity (Wildman–Crippen MR) is 166 cm³/mol. The number of aliphatic hydroxyl groups is 1. The maximum Gasteiger partial charge on any atom is 0.313 e. The second-order valence-electron chi connectivity index (χ2n) is 16.8. The van der Waals surface area contributed by atoms with Crippen molar-refractivity contribution in [3.63, 3.8) is 0 Å². The molecule has 1 amide bonds. The van der Waals surface area contributed by atoms with Gasteiger partial charge in [-0.2, -0.15) is 5.01 Å². The second-order valence-corrected chi connectivity index (χ2v) is 16.8. The molecule has 0 aromatic carbocycles. The number of fused-ring (bicyclic) bond motifs is 7. The summed E-state index contributed by atoms with van der Waals surface area (Å²) in [4.78, 5) is 26.2. The third-order valence-electron chi connectivity index (χ3n) is 14.9. The van der Waals surface area contributed by atoms with Crippen molar-refractivity contribution in [3.05, 3.63) is 11.6 Å². The zero-order valence-corrected chi connectivity index (χ0v) is 28.2. The van der Waals surface area contributed by atoms with Crippen LogP contribution in [0.3, 0.4) is 0 Å². The summed E-state index contributed by atoms with van der Waals surface area (Å²) >= 11 is 0. The van der Waals surface area contributed by atoms with Crippen molar-refractivity contribution in [2.24, 2.45) is 61.8 Å². The Balaban J connectivity index is 1.33. The Morgan fingerprint density at radius 3 is 2.40 bits per heavy atom. The van der Waals surface area contributed by atoms with Gasteiger partial charge in [-0.1, -0.05) is 60.1 Å². The summed E-state index contributed by atoms with van der Waals surface area (Å²) in [6.45, 7) is 20.2. The lowest BCUT2D eigenvalue weighted by molar-refractivity contribution is -0.207. The summed E-state index contributed by atoms with van der Waals surface area (Å²) in [5.41, 5.74) is 1.30. The smallest absolute Gasteiger partial charge is 0.313 e. The normalized spacial score (nSPS) is 48.4. The van der Waals surface area contributed by atoms with Crippen molar-refractivity contribution >= 4 is 17.8 Å². The van der Waals surface area contributed by atoms with E-state index in [0.717, 1.165) is 51.4 Å². The number of allylic oxidation sites excluding steroid dienone is 2. The molecule has 1 aliphatic heterocycles. The molecule has 0 radical (unpaired) electrons. The number of hydrazone groups is 1. The van der Waals surface area contributed by atoms with E-state index in [1.807, 2.05) is 0 Å². The van der Waals surface area contributed by atoms with Gasteiger partial charge in [0, 0.05) is 6.92 Å². The van der Waals surface area contributed by atoms with Crippen LogP contribution in [0.15, 0.2) is 16.8 Å². The number of amides is 1. The molecule has 240 valence electrons. The lowest BCUT2D eigenvalue weighted by Crippen LogP contribution is -2.65. The highest BCUT2D eigenvalue weighted by atomic mass is 16.6. The molecule has 0 saturated heterocycles. The minimum atomic E-state index is -0.538. The summed E-state index contributed by atoms with van der Waals surface area (Å²) in [6.07, 6.45) is 11.0. The van der Waals surface area contributed by atoms with Crippen molar-refractivity contribution in [2.45, 2.75) is 132 Å². The number of nitrogens with zero attached hydrogens (tertiary/aromatic N) is 2. The highest BCUT2D eigenvalue weighted by Gasteiger charge is 2.69. The minimum Gasteiger partial charge on any atom is -0.455 e. The predicted octanol–water partition coefficient (Wildman–Crippen LogP) is 7.09. The van der Waals surface area contributed by atoms with Crippen LogP contribution in [0.1, 0.15) is 120 Å². The summed E-state index contributed by atoms with van der Waals surface area (Å²) in [6, 6.07) is 0. The molecular formula is C36H56N2O5. The molecule has 1 N–H and O–H groups in total. The molecule has 0 spiro atoms. The number of carbonyl (C=O) groups excluding carboxylic acids is 2. The Hall–Kier alpha value is -1.89. The molecular weight excluding hydrogens is 540 g/mol. The van der Waals surface area contributed by atoms with Gasteiger partial charge in [0.25, 0.3) is 0 Å². The Bertz CT molecular complexity index is 1240. The average Bonchev–Trinajstić information content (AvgIpc) is 3.32. The molecule has 2 unspecified atom stereocenters. The monoisotopic (exact) mass is 596 g/mol. The number of hydrogen-bond acceptors (Lipinski definition) is 6. The summed E-state index contributed by atoms with van der Waals surface area (Å²) in [5.74, 6) is 2.16. The number of carbonyl (C=O) groups is 2. The van der Waals surface area contributed by atoms with Crippen LogP contribution in [-0.4, -0.2) is 46.8 Å². The van der Waals surface area contributed by atoms with E-state index in [1.54, 1.807) is 6.92 Å². The molecule has 0 aromatic heterocycles. The van der Waals surface area contributed by atoms with Crippen LogP contribution in [0.5, 0.6) is 0 Å². The summed E-state index contributed by atoms with van der Waals surface area (Å²) in [5, 5.41) is 16.6. The molecule has 6 rings (SSSR count). The lowest BCUT2D eigenvalue weighted by Gasteiger charge is -2.71. The first-order valence-corrected chi connectivity index (χ1v) is 17.1. The van der Waals surface area contributed by atoms with Gasteiger partial charge >= 0.3 is 5.97 Å². The molecule has 11 atom stereocenters. The SMILES string of the molecule is CC(=O)N1N=C(COC(=O)[C@]23CC[C@@H](C)[C@H](C)[C@H]2C2=CC[C@@H]4[C@@]5(C)CCC(O)C(C)(C)[C@@H]5CC[C@@]4(C)[C@]2(C)CC3)OC1C. The van der Waals surface area contributed by atoms with Gasteiger partial charge in [-0.05, 0) is 116 Å². The van der Waals surface area contributed by atoms with Gasteiger partial charge in [-0.15, -0.1) is 5.10 Å². The fraction of sp³-hybridized carbons (Fsp3) is 0.861.